The van der Waals surface area contributed by atoms with E-state index in [2.05, 4.69) is 35.9 Å². The molecule has 1 aromatic carbocycles. The predicted molar refractivity (Wildman–Crippen MR) is 99.1 cm³/mol. The number of hydrogen-bond donors (Lipinski definition) is 1. The first kappa shape index (κ1) is 16.1. The Morgan fingerprint density at radius 2 is 1.96 bits per heavy atom. The van der Waals surface area contributed by atoms with Gasteiger partial charge in [-0.05, 0) is 0 Å². The third-order valence-corrected chi connectivity index (χ3v) is 4.24. The maximum absolute atomic E-state index is 12.2. The third-order valence-electron chi connectivity index (χ3n) is 4.24. The van der Waals surface area contributed by atoms with Crippen molar-refractivity contribution in [3.05, 3.63) is 49.2 Å². The molecule has 0 bridgehead atoms. The molecule has 1 amide bonds. The lowest BCUT2D eigenvalue weighted by molar-refractivity contribution is -0.116. The minimum Gasteiger partial charge on any atom is -0.306 e. The molecule has 0 unspecified atom stereocenters. The number of hydrogen-bond acceptors (Lipinski definition) is 7. The van der Waals surface area contributed by atoms with Gasteiger partial charge in [0.1, 0.15) is 18.6 Å². The zero-order chi connectivity index (χ0) is 19.1. The van der Waals surface area contributed by atoms with Crippen LogP contribution in [0.4, 0.5) is 5.82 Å². The van der Waals surface area contributed by atoms with Gasteiger partial charge in [-0.15, -0.1) is 15.3 Å². The average molecular weight is 374 g/mol. The summed E-state index contributed by atoms with van der Waals surface area (Å²) in [5.74, 6) is 0.146. The minimum atomic E-state index is -0.248. The number of aromatic nitrogens is 9. The van der Waals surface area contributed by atoms with Gasteiger partial charge in [0.15, 0.2) is 11.5 Å². The van der Waals surface area contributed by atoms with Crippen molar-refractivity contribution in [2.75, 3.05) is 5.32 Å². The maximum atomic E-state index is 12.2. The van der Waals surface area contributed by atoms with Crippen LogP contribution in [0.5, 0.6) is 0 Å². The van der Waals surface area contributed by atoms with Gasteiger partial charge in [0.05, 0.1) is 12.4 Å². The molecule has 4 heterocycles. The Bertz CT molecular complexity index is 1310. The Balaban J connectivity index is 1.46. The predicted octanol–water partition coefficient (Wildman–Crippen LogP) is 0.908. The van der Waals surface area contributed by atoms with Crippen LogP contribution in [0, 0.1) is 0 Å². The summed E-state index contributed by atoms with van der Waals surface area (Å²) < 4.78 is 3.18. The standard InChI is InChI=1S/C17H14N10O/c1-25-19-7-14(23-25)21-15(28)9-26-8-11(6-20-26)16-12-4-2-3-5-13(12)17-22-18-10-27(17)24-16/h2-8,10H,9H2,1H3,(H,21,23,28). The fraction of sp³-hybridized carbons (Fsp3) is 0.118. The number of carbonyl (C=O) groups is 1. The lowest BCUT2D eigenvalue weighted by atomic mass is 10.1. The molecule has 0 saturated carbocycles. The summed E-state index contributed by atoms with van der Waals surface area (Å²) in [4.78, 5) is 13.6. The highest BCUT2D eigenvalue weighted by Crippen LogP contribution is 2.28. The molecular weight excluding hydrogens is 360 g/mol. The Kier molecular flexibility index (Phi) is 3.57. The number of carbonyl (C=O) groups excluding carboxylic acids is 1. The molecule has 4 aromatic heterocycles. The van der Waals surface area contributed by atoms with E-state index in [1.807, 2.05) is 24.3 Å². The first-order chi connectivity index (χ1) is 13.7. The van der Waals surface area contributed by atoms with Crippen molar-refractivity contribution >= 4 is 28.1 Å². The lowest BCUT2D eigenvalue weighted by Gasteiger charge is -2.05. The van der Waals surface area contributed by atoms with E-state index < -0.39 is 0 Å². The largest absolute Gasteiger partial charge is 0.306 e. The number of anilines is 1. The zero-order valence-electron chi connectivity index (χ0n) is 14.8. The number of nitrogens with zero attached hydrogens (tertiary/aromatic N) is 9. The van der Waals surface area contributed by atoms with E-state index in [-0.39, 0.29) is 12.5 Å². The maximum Gasteiger partial charge on any atom is 0.247 e. The van der Waals surface area contributed by atoms with Crippen LogP contribution in [0.1, 0.15) is 0 Å². The van der Waals surface area contributed by atoms with Gasteiger partial charge in [0.25, 0.3) is 0 Å². The van der Waals surface area contributed by atoms with Crippen LogP contribution in [-0.4, -0.2) is 50.5 Å². The summed E-state index contributed by atoms with van der Waals surface area (Å²) in [7, 11) is 1.68. The fourth-order valence-electron chi connectivity index (χ4n) is 3.04. The summed E-state index contributed by atoms with van der Waals surface area (Å²) in [6.07, 6.45) is 6.50. The van der Waals surface area contributed by atoms with E-state index in [0.29, 0.717) is 11.5 Å². The highest BCUT2D eigenvalue weighted by Gasteiger charge is 2.14. The molecular formula is C17H14N10O. The molecule has 0 spiro atoms. The SMILES string of the molecule is Cn1ncc(NC(=O)Cn2cc(-c3nn4cnnc4c4ccccc34)cn2)n1. The summed E-state index contributed by atoms with van der Waals surface area (Å²) in [6.45, 7) is 0.0450. The average Bonchev–Trinajstić information content (AvgIpc) is 3.42. The molecule has 11 nitrogen and oxygen atoms in total. The number of fused-ring (bicyclic) bond motifs is 3. The minimum absolute atomic E-state index is 0.0450. The van der Waals surface area contributed by atoms with E-state index >= 15 is 0 Å². The Morgan fingerprint density at radius 1 is 1.11 bits per heavy atom. The molecule has 0 fully saturated rings. The second-order valence-electron chi connectivity index (χ2n) is 6.19. The third kappa shape index (κ3) is 2.74. The van der Waals surface area contributed by atoms with E-state index in [9.17, 15) is 4.79 Å². The van der Waals surface area contributed by atoms with Crippen LogP contribution in [0.3, 0.4) is 0 Å². The van der Waals surface area contributed by atoms with Crippen molar-refractivity contribution in [3.8, 4) is 11.3 Å². The van der Waals surface area contributed by atoms with Crippen molar-refractivity contribution in [3.63, 3.8) is 0 Å². The van der Waals surface area contributed by atoms with Crippen LogP contribution in [-0.2, 0) is 18.4 Å². The van der Waals surface area contributed by atoms with Gasteiger partial charge < -0.3 is 5.32 Å². The van der Waals surface area contributed by atoms with E-state index in [0.717, 1.165) is 22.0 Å². The van der Waals surface area contributed by atoms with E-state index in [1.54, 1.807) is 35.0 Å². The molecule has 0 saturated heterocycles. The van der Waals surface area contributed by atoms with Gasteiger partial charge in [-0.25, -0.2) is 0 Å². The Hall–Kier alpha value is -4.15. The molecule has 0 aliphatic heterocycles. The van der Waals surface area contributed by atoms with Crippen LogP contribution < -0.4 is 5.32 Å². The Labute approximate surface area is 157 Å². The van der Waals surface area contributed by atoms with Crippen molar-refractivity contribution < 1.29 is 4.79 Å². The van der Waals surface area contributed by atoms with Crippen LogP contribution in [0.15, 0.2) is 49.2 Å². The second kappa shape index (κ2) is 6.23. The highest BCUT2D eigenvalue weighted by molar-refractivity contribution is 6.01. The monoisotopic (exact) mass is 374 g/mol. The molecule has 28 heavy (non-hydrogen) atoms. The molecule has 11 heteroatoms. The van der Waals surface area contributed by atoms with E-state index in [1.165, 1.54) is 11.0 Å². The summed E-state index contributed by atoms with van der Waals surface area (Å²) in [6, 6.07) is 7.84. The van der Waals surface area contributed by atoms with Crippen molar-refractivity contribution in [1.29, 1.82) is 0 Å². The van der Waals surface area contributed by atoms with Gasteiger partial charge in [0.2, 0.25) is 5.91 Å². The number of benzene rings is 1. The fourth-order valence-corrected chi connectivity index (χ4v) is 3.04. The van der Waals surface area contributed by atoms with Gasteiger partial charge in [-0.1, -0.05) is 24.3 Å². The van der Waals surface area contributed by atoms with Gasteiger partial charge in [-0.2, -0.15) is 24.6 Å². The van der Waals surface area contributed by atoms with Crippen LogP contribution >= 0.6 is 0 Å². The van der Waals surface area contributed by atoms with Crippen LogP contribution in [0.2, 0.25) is 0 Å². The van der Waals surface area contributed by atoms with Gasteiger partial charge in [-0.3, -0.25) is 9.48 Å². The highest BCUT2D eigenvalue weighted by atomic mass is 16.2. The molecule has 0 radical (unpaired) electrons. The first-order valence-corrected chi connectivity index (χ1v) is 8.45. The number of rotatable bonds is 4. The summed E-state index contributed by atoms with van der Waals surface area (Å²) >= 11 is 0. The number of amides is 1. The molecule has 5 aromatic rings. The molecule has 0 aliphatic carbocycles. The topological polar surface area (TPSA) is 121 Å². The lowest BCUT2D eigenvalue weighted by Crippen LogP contribution is -2.19. The molecule has 1 N–H and O–H groups in total. The van der Waals surface area contributed by atoms with Crippen molar-refractivity contribution in [2.45, 2.75) is 6.54 Å². The zero-order valence-corrected chi connectivity index (χ0v) is 14.8. The van der Waals surface area contributed by atoms with Gasteiger partial charge >= 0.3 is 0 Å². The normalized spacial score (nSPS) is 11.3. The number of aryl methyl sites for hydroxylation is 1. The Morgan fingerprint density at radius 3 is 2.79 bits per heavy atom. The molecule has 0 atom stereocenters. The molecule has 0 aliphatic rings. The van der Waals surface area contributed by atoms with Gasteiger partial charge in [0, 0.05) is 29.6 Å². The smallest absolute Gasteiger partial charge is 0.247 e. The molecule has 5 rings (SSSR count). The summed E-state index contributed by atoms with van der Waals surface area (Å²) in [5, 5.41) is 29.5. The van der Waals surface area contributed by atoms with E-state index in [4.69, 9.17) is 0 Å². The van der Waals surface area contributed by atoms with Crippen molar-refractivity contribution in [1.82, 2.24) is 44.6 Å². The number of nitrogens with one attached hydrogen (secondary N) is 1. The van der Waals surface area contributed by atoms with Crippen molar-refractivity contribution in [2.24, 2.45) is 7.05 Å². The molecule has 138 valence electrons. The van der Waals surface area contributed by atoms with Crippen LogP contribution in [0.25, 0.3) is 27.7 Å². The quantitative estimate of drug-likeness (QED) is 0.496. The first-order valence-electron chi connectivity index (χ1n) is 8.45. The summed E-state index contributed by atoms with van der Waals surface area (Å²) in [5.41, 5.74) is 2.22. The second-order valence-corrected chi connectivity index (χ2v) is 6.19.